The van der Waals surface area contributed by atoms with Crippen LogP contribution in [0, 0.1) is 0 Å². The third-order valence-corrected chi connectivity index (χ3v) is 5.62. The van der Waals surface area contributed by atoms with Gasteiger partial charge in [-0.05, 0) is 27.8 Å². The number of carboxylic acid groups (broad SMARTS) is 1. The van der Waals surface area contributed by atoms with Crippen LogP contribution in [0.15, 0.2) is 60.9 Å². The Bertz CT molecular complexity index is 1080. The molecule has 0 radical (unpaired) electrons. The van der Waals surface area contributed by atoms with E-state index < -0.39 is 18.1 Å². The maximum atomic E-state index is 12.4. The number of nitrogens with zero attached hydrogens (tertiary/aromatic N) is 2. The Balaban J connectivity index is 1.41. The van der Waals surface area contributed by atoms with Crippen molar-refractivity contribution in [3.63, 3.8) is 0 Å². The molecule has 32 heavy (non-hydrogen) atoms. The summed E-state index contributed by atoms with van der Waals surface area (Å²) in [5.74, 6) is -0.372. The third kappa shape index (κ3) is 4.46. The first-order chi connectivity index (χ1) is 15.4. The first-order valence-corrected chi connectivity index (χ1v) is 10.6. The highest BCUT2D eigenvalue weighted by Crippen LogP contribution is 2.44. The van der Waals surface area contributed by atoms with Crippen molar-refractivity contribution < 1.29 is 19.4 Å². The summed E-state index contributed by atoms with van der Waals surface area (Å²) >= 11 is 0. The summed E-state index contributed by atoms with van der Waals surface area (Å²) in [6.07, 6.45) is 2.49. The number of rotatable bonds is 7. The Morgan fingerprint density at radius 2 is 1.56 bits per heavy atom. The second kappa shape index (κ2) is 9.18. The van der Waals surface area contributed by atoms with Crippen LogP contribution >= 0.6 is 0 Å². The van der Waals surface area contributed by atoms with Gasteiger partial charge in [-0.15, -0.1) is 0 Å². The zero-order valence-electron chi connectivity index (χ0n) is 18.0. The van der Waals surface area contributed by atoms with Crippen molar-refractivity contribution in [3.8, 4) is 11.1 Å². The molecule has 1 aliphatic rings. The second-order valence-electron chi connectivity index (χ2n) is 8.17. The molecule has 0 bridgehead atoms. The minimum Gasteiger partial charge on any atom is -0.480 e. The van der Waals surface area contributed by atoms with Crippen LogP contribution in [0.4, 0.5) is 4.79 Å². The van der Waals surface area contributed by atoms with Gasteiger partial charge >= 0.3 is 12.1 Å². The Morgan fingerprint density at radius 3 is 2.09 bits per heavy atom. The predicted molar refractivity (Wildman–Crippen MR) is 119 cm³/mol. The zero-order chi connectivity index (χ0) is 22.7. The van der Waals surface area contributed by atoms with Crippen molar-refractivity contribution in [2.45, 2.75) is 38.1 Å². The van der Waals surface area contributed by atoms with E-state index in [1.165, 1.54) is 0 Å². The number of aliphatic carboxylic acids is 1. The number of fused-ring (bicyclic) bond motifs is 3. The molecule has 4 rings (SSSR count). The van der Waals surface area contributed by atoms with Gasteiger partial charge in [-0.2, -0.15) is 0 Å². The summed E-state index contributed by atoms with van der Waals surface area (Å²) in [6.45, 7) is 4.08. The molecule has 3 aromatic rings. The molecular formula is C25H25N3O4. The lowest BCUT2D eigenvalue weighted by molar-refractivity contribution is -0.139. The minimum atomic E-state index is -1.15. The zero-order valence-corrected chi connectivity index (χ0v) is 18.0. The van der Waals surface area contributed by atoms with Gasteiger partial charge in [-0.25, -0.2) is 19.6 Å². The molecule has 1 aliphatic carbocycles. The maximum Gasteiger partial charge on any atom is 0.407 e. The number of alkyl carbamates (subject to hydrolysis) is 1. The van der Waals surface area contributed by atoms with E-state index in [1.54, 1.807) is 12.4 Å². The molecule has 1 amide bonds. The monoisotopic (exact) mass is 431 g/mol. The maximum absolute atomic E-state index is 12.4. The Labute approximate surface area is 186 Å². The average Bonchev–Trinajstić information content (AvgIpc) is 3.11. The van der Waals surface area contributed by atoms with Crippen molar-refractivity contribution in [2.24, 2.45) is 0 Å². The van der Waals surface area contributed by atoms with Gasteiger partial charge in [0.25, 0.3) is 0 Å². The van der Waals surface area contributed by atoms with E-state index in [-0.39, 0.29) is 24.9 Å². The van der Waals surface area contributed by atoms with E-state index >= 15 is 0 Å². The van der Waals surface area contributed by atoms with Gasteiger partial charge in [-0.3, -0.25) is 0 Å². The van der Waals surface area contributed by atoms with Crippen molar-refractivity contribution >= 4 is 12.1 Å². The number of carbonyl (C=O) groups excluding carboxylic acids is 1. The first kappa shape index (κ1) is 21.5. The van der Waals surface area contributed by atoms with Crippen LogP contribution in [-0.2, 0) is 16.0 Å². The first-order valence-electron chi connectivity index (χ1n) is 10.6. The van der Waals surface area contributed by atoms with Gasteiger partial charge in [-0.1, -0.05) is 62.4 Å². The predicted octanol–water partition coefficient (Wildman–Crippen LogP) is 4.13. The summed E-state index contributed by atoms with van der Waals surface area (Å²) in [6, 6.07) is 14.9. The van der Waals surface area contributed by atoms with E-state index in [0.717, 1.165) is 22.3 Å². The quantitative estimate of drug-likeness (QED) is 0.583. The van der Waals surface area contributed by atoms with Crippen LogP contribution in [0.5, 0.6) is 0 Å². The van der Waals surface area contributed by atoms with Crippen molar-refractivity contribution in [1.82, 2.24) is 15.3 Å². The number of nitrogens with one attached hydrogen (secondary N) is 1. The molecule has 0 spiro atoms. The molecule has 2 N–H and O–H groups in total. The lowest BCUT2D eigenvalue weighted by atomic mass is 9.98. The highest BCUT2D eigenvalue weighted by molar-refractivity contribution is 5.81. The topological polar surface area (TPSA) is 101 Å². The Morgan fingerprint density at radius 1 is 1.00 bits per heavy atom. The van der Waals surface area contributed by atoms with Crippen LogP contribution in [-0.4, -0.2) is 39.8 Å². The molecule has 0 saturated carbocycles. The Hall–Kier alpha value is -3.74. The number of benzene rings is 2. The number of aromatic nitrogens is 2. The summed E-state index contributed by atoms with van der Waals surface area (Å²) in [5, 5.41) is 12.0. The number of carbonyl (C=O) groups is 2. The summed E-state index contributed by atoms with van der Waals surface area (Å²) in [4.78, 5) is 32.6. The third-order valence-electron chi connectivity index (χ3n) is 5.62. The largest absolute Gasteiger partial charge is 0.480 e. The number of hydrogen-bond donors (Lipinski definition) is 2. The number of amides is 1. The minimum absolute atomic E-state index is 0.0674. The molecule has 0 fully saturated rings. The van der Waals surface area contributed by atoms with Crippen LogP contribution in [0.25, 0.3) is 11.1 Å². The average molecular weight is 431 g/mol. The highest BCUT2D eigenvalue weighted by atomic mass is 16.5. The molecular weight excluding hydrogens is 406 g/mol. The normalized spacial score (nSPS) is 13.3. The Kier molecular flexibility index (Phi) is 6.16. The molecule has 1 unspecified atom stereocenters. The summed E-state index contributed by atoms with van der Waals surface area (Å²) in [7, 11) is 0. The van der Waals surface area contributed by atoms with Crippen molar-refractivity contribution in [3.05, 3.63) is 83.4 Å². The molecule has 2 aromatic carbocycles. The van der Waals surface area contributed by atoms with Crippen molar-refractivity contribution in [1.29, 1.82) is 0 Å². The van der Waals surface area contributed by atoms with Crippen LogP contribution in [0.2, 0.25) is 0 Å². The summed E-state index contributed by atoms with van der Waals surface area (Å²) in [5.41, 5.74) is 5.08. The fraction of sp³-hybridized carbons (Fsp3) is 0.280. The fourth-order valence-corrected chi connectivity index (χ4v) is 3.99. The molecule has 7 nitrogen and oxygen atoms in total. The molecule has 1 atom stereocenters. The van der Waals surface area contributed by atoms with Gasteiger partial charge in [0.2, 0.25) is 0 Å². The summed E-state index contributed by atoms with van der Waals surface area (Å²) < 4.78 is 5.46. The molecule has 0 aliphatic heterocycles. The van der Waals surface area contributed by atoms with Crippen LogP contribution in [0.1, 0.15) is 48.2 Å². The lowest BCUT2D eigenvalue weighted by Crippen LogP contribution is -2.43. The fourth-order valence-electron chi connectivity index (χ4n) is 3.99. The SMILES string of the molecule is CC(C)c1ncc(CC(NC(=O)OCC2c3ccccc3-c3ccccc32)C(=O)O)cn1. The van der Waals surface area contributed by atoms with Crippen LogP contribution < -0.4 is 5.32 Å². The smallest absolute Gasteiger partial charge is 0.407 e. The van der Waals surface area contributed by atoms with E-state index in [2.05, 4.69) is 27.4 Å². The molecule has 1 heterocycles. The lowest BCUT2D eigenvalue weighted by Gasteiger charge is -2.17. The molecule has 1 aromatic heterocycles. The second-order valence-corrected chi connectivity index (χ2v) is 8.17. The highest BCUT2D eigenvalue weighted by Gasteiger charge is 2.29. The van der Waals surface area contributed by atoms with Gasteiger partial charge in [0.05, 0.1) is 0 Å². The van der Waals surface area contributed by atoms with Gasteiger partial charge in [0.15, 0.2) is 0 Å². The number of ether oxygens (including phenoxy) is 1. The number of carboxylic acids is 1. The van der Waals surface area contributed by atoms with E-state index in [1.807, 2.05) is 50.2 Å². The standard InChI is InChI=1S/C25H25N3O4/c1-15(2)23-26-12-16(13-27-23)11-22(24(29)30)28-25(31)32-14-21-19-9-5-3-7-17(19)18-8-4-6-10-20(18)21/h3-10,12-13,15,21-22H,11,14H2,1-2H3,(H,28,31)(H,29,30). The number of hydrogen-bond acceptors (Lipinski definition) is 5. The molecule has 7 heteroatoms. The van der Waals surface area contributed by atoms with Gasteiger partial charge in [0.1, 0.15) is 18.5 Å². The van der Waals surface area contributed by atoms with Crippen molar-refractivity contribution in [2.75, 3.05) is 6.61 Å². The van der Waals surface area contributed by atoms with E-state index in [9.17, 15) is 14.7 Å². The van der Waals surface area contributed by atoms with E-state index in [4.69, 9.17) is 4.74 Å². The van der Waals surface area contributed by atoms with Crippen LogP contribution in [0.3, 0.4) is 0 Å². The van der Waals surface area contributed by atoms with Gasteiger partial charge < -0.3 is 15.2 Å². The van der Waals surface area contributed by atoms with E-state index in [0.29, 0.717) is 11.4 Å². The molecule has 0 saturated heterocycles. The van der Waals surface area contributed by atoms with Gasteiger partial charge in [0, 0.05) is 30.7 Å². The molecule has 164 valence electrons.